The van der Waals surface area contributed by atoms with E-state index in [1.807, 2.05) is 23.9 Å². The van der Waals surface area contributed by atoms with E-state index in [0.29, 0.717) is 11.2 Å². The molecule has 2 aromatic heterocycles. The van der Waals surface area contributed by atoms with Crippen LogP contribution in [0.2, 0.25) is 0 Å². The average Bonchev–Trinajstić information content (AvgIpc) is 2.72. The molecule has 0 saturated carbocycles. The van der Waals surface area contributed by atoms with Gasteiger partial charge in [-0.2, -0.15) is 5.10 Å². The van der Waals surface area contributed by atoms with Gasteiger partial charge in [-0.15, -0.1) is 0 Å². The van der Waals surface area contributed by atoms with Gasteiger partial charge in [0.2, 0.25) is 0 Å². The number of anilines is 1. The van der Waals surface area contributed by atoms with Crippen LogP contribution in [0.4, 0.5) is 5.69 Å². The van der Waals surface area contributed by atoms with Crippen LogP contribution in [0.1, 0.15) is 26.8 Å². The molecule has 0 aliphatic heterocycles. The molecule has 0 aromatic carbocycles. The van der Waals surface area contributed by atoms with Crippen LogP contribution in [0.5, 0.6) is 0 Å². The third kappa shape index (κ3) is 2.59. The molecule has 0 atom stereocenters. The van der Waals surface area contributed by atoms with Crippen molar-refractivity contribution in [2.24, 2.45) is 0 Å². The van der Waals surface area contributed by atoms with E-state index in [2.05, 4.69) is 34.6 Å². The summed E-state index contributed by atoms with van der Waals surface area (Å²) in [5.74, 6) is 0. The van der Waals surface area contributed by atoms with Crippen molar-refractivity contribution in [1.29, 1.82) is 0 Å². The number of nitrogens with one attached hydrogen (secondary N) is 2. The Morgan fingerprint density at radius 3 is 2.89 bits per heavy atom. The molecule has 2 rings (SSSR count). The van der Waals surface area contributed by atoms with Crippen molar-refractivity contribution in [1.82, 2.24) is 20.1 Å². The molecule has 0 spiro atoms. The van der Waals surface area contributed by atoms with Gasteiger partial charge in [0.15, 0.2) is 10.8 Å². The Morgan fingerprint density at radius 2 is 2.22 bits per heavy atom. The summed E-state index contributed by atoms with van der Waals surface area (Å²) in [5.41, 5.74) is 1.77. The van der Waals surface area contributed by atoms with E-state index in [4.69, 9.17) is 12.2 Å². The molecular formula is C12H17N5S. The predicted octanol–water partition coefficient (Wildman–Crippen LogP) is 2.32. The molecule has 0 amide bonds. The molecule has 5 nitrogen and oxygen atoms in total. The largest absolute Gasteiger partial charge is 0.363 e. The molecule has 0 aliphatic rings. The number of hydrogen-bond acceptors (Lipinski definition) is 3. The number of rotatable bonds is 3. The van der Waals surface area contributed by atoms with Gasteiger partial charge in [-0.05, 0) is 39.1 Å². The highest BCUT2D eigenvalue weighted by molar-refractivity contribution is 7.80. The molecule has 18 heavy (non-hydrogen) atoms. The Kier molecular flexibility index (Phi) is 3.76. The first-order chi connectivity index (χ1) is 8.61. The maximum atomic E-state index is 5.13. The molecule has 6 heteroatoms. The van der Waals surface area contributed by atoms with Crippen LogP contribution in [0.25, 0.3) is 11.0 Å². The summed E-state index contributed by atoms with van der Waals surface area (Å²) in [4.78, 5) is 4.43. The van der Waals surface area contributed by atoms with Gasteiger partial charge in [0.05, 0.1) is 18.1 Å². The standard InChI is InChI=1S/C12H17N5S/c1-4-13-12(18)16-10-5-9-6-15-17(8(2)3)11(9)14-7-10/h5-8H,4H2,1-3H3,(H2,13,16,18). The van der Waals surface area contributed by atoms with Gasteiger partial charge in [-0.3, -0.25) is 0 Å². The fourth-order valence-corrected chi connectivity index (χ4v) is 1.98. The lowest BCUT2D eigenvalue weighted by molar-refractivity contribution is 0.546. The maximum absolute atomic E-state index is 5.13. The number of pyridine rings is 1. The van der Waals surface area contributed by atoms with Gasteiger partial charge in [-0.25, -0.2) is 9.67 Å². The summed E-state index contributed by atoms with van der Waals surface area (Å²) >= 11 is 5.13. The van der Waals surface area contributed by atoms with Crippen molar-refractivity contribution < 1.29 is 0 Å². The topological polar surface area (TPSA) is 54.8 Å². The van der Waals surface area contributed by atoms with Gasteiger partial charge < -0.3 is 10.6 Å². The molecule has 2 heterocycles. The predicted molar refractivity (Wildman–Crippen MR) is 77.8 cm³/mol. The van der Waals surface area contributed by atoms with Crippen molar-refractivity contribution in [3.05, 3.63) is 18.5 Å². The molecule has 0 radical (unpaired) electrons. The molecule has 0 saturated heterocycles. The first kappa shape index (κ1) is 12.8. The van der Waals surface area contributed by atoms with E-state index in [1.54, 1.807) is 6.20 Å². The monoisotopic (exact) mass is 263 g/mol. The first-order valence-electron chi connectivity index (χ1n) is 6.00. The highest BCUT2D eigenvalue weighted by atomic mass is 32.1. The number of thiocarbonyl (C=S) groups is 1. The number of hydrogen-bond donors (Lipinski definition) is 2. The van der Waals surface area contributed by atoms with Crippen LogP contribution in [0, 0.1) is 0 Å². The number of nitrogens with zero attached hydrogens (tertiary/aromatic N) is 3. The van der Waals surface area contributed by atoms with Crippen LogP contribution in [0.3, 0.4) is 0 Å². The van der Waals surface area contributed by atoms with E-state index >= 15 is 0 Å². The molecule has 0 unspecified atom stereocenters. The van der Waals surface area contributed by atoms with Gasteiger partial charge in [0.25, 0.3) is 0 Å². The van der Waals surface area contributed by atoms with Crippen LogP contribution in [-0.4, -0.2) is 26.4 Å². The normalized spacial score (nSPS) is 10.9. The summed E-state index contributed by atoms with van der Waals surface area (Å²) in [5, 5.41) is 12.1. The Labute approximate surface area is 112 Å². The molecule has 0 fully saturated rings. The van der Waals surface area contributed by atoms with Gasteiger partial charge in [0.1, 0.15) is 0 Å². The SMILES string of the molecule is CCNC(=S)Nc1cnc2c(cnn2C(C)C)c1. The van der Waals surface area contributed by atoms with E-state index in [0.717, 1.165) is 23.3 Å². The summed E-state index contributed by atoms with van der Waals surface area (Å²) in [6, 6.07) is 2.30. The molecular weight excluding hydrogens is 246 g/mol. The van der Waals surface area contributed by atoms with Crippen LogP contribution in [0.15, 0.2) is 18.5 Å². The fourth-order valence-electron chi connectivity index (χ4n) is 1.72. The molecule has 2 N–H and O–H groups in total. The molecule has 96 valence electrons. The highest BCUT2D eigenvalue weighted by Crippen LogP contribution is 2.18. The van der Waals surface area contributed by atoms with Crippen LogP contribution >= 0.6 is 12.2 Å². The van der Waals surface area contributed by atoms with Gasteiger partial charge in [0, 0.05) is 18.0 Å². The van der Waals surface area contributed by atoms with E-state index in [9.17, 15) is 0 Å². The smallest absolute Gasteiger partial charge is 0.170 e. The van der Waals surface area contributed by atoms with E-state index < -0.39 is 0 Å². The minimum atomic E-state index is 0.302. The highest BCUT2D eigenvalue weighted by Gasteiger charge is 2.08. The fraction of sp³-hybridized carbons (Fsp3) is 0.417. The van der Waals surface area contributed by atoms with Crippen molar-refractivity contribution in [2.45, 2.75) is 26.8 Å². The third-order valence-corrected chi connectivity index (χ3v) is 2.76. The van der Waals surface area contributed by atoms with Crippen molar-refractivity contribution in [2.75, 3.05) is 11.9 Å². The Hall–Kier alpha value is -1.69. The second kappa shape index (κ2) is 5.30. The Bertz CT molecular complexity index is 561. The van der Waals surface area contributed by atoms with Crippen LogP contribution in [-0.2, 0) is 0 Å². The number of fused-ring (bicyclic) bond motifs is 1. The van der Waals surface area contributed by atoms with E-state index in [1.165, 1.54) is 0 Å². The first-order valence-corrected chi connectivity index (χ1v) is 6.40. The average molecular weight is 263 g/mol. The lowest BCUT2D eigenvalue weighted by atomic mass is 10.3. The summed E-state index contributed by atoms with van der Waals surface area (Å²) in [6.07, 6.45) is 3.59. The summed E-state index contributed by atoms with van der Waals surface area (Å²) in [7, 11) is 0. The van der Waals surface area contributed by atoms with Gasteiger partial charge in [-0.1, -0.05) is 0 Å². The lowest BCUT2D eigenvalue weighted by Crippen LogP contribution is -2.27. The zero-order valence-corrected chi connectivity index (χ0v) is 11.6. The van der Waals surface area contributed by atoms with Crippen LogP contribution < -0.4 is 10.6 Å². The molecule has 0 aliphatic carbocycles. The van der Waals surface area contributed by atoms with Crippen molar-refractivity contribution in [3.8, 4) is 0 Å². The second-order valence-electron chi connectivity index (χ2n) is 4.30. The molecule has 0 bridgehead atoms. The third-order valence-electron chi connectivity index (χ3n) is 2.52. The molecule has 2 aromatic rings. The summed E-state index contributed by atoms with van der Waals surface area (Å²) < 4.78 is 1.90. The Morgan fingerprint density at radius 1 is 1.44 bits per heavy atom. The Balaban J connectivity index is 2.26. The van der Waals surface area contributed by atoms with Gasteiger partial charge >= 0.3 is 0 Å². The quantitative estimate of drug-likeness (QED) is 0.832. The lowest BCUT2D eigenvalue weighted by Gasteiger charge is -2.09. The van der Waals surface area contributed by atoms with Crippen molar-refractivity contribution in [3.63, 3.8) is 0 Å². The second-order valence-corrected chi connectivity index (χ2v) is 4.71. The minimum absolute atomic E-state index is 0.302. The maximum Gasteiger partial charge on any atom is 0.170 e. The minimum Gasteiger partial charge on any atom is -0.363 e. The van der Waals surface area contributed by atoms with Crippen molar-refractivity contribution >= 4 is 34.1 Å². The van der Waals surface area contributed by atoms with E-state index in [-0.39, 0.29) is 0 Å². The zero-order valence-electron chi connectivity index (χ0n) is 10.8. The summed E-state index contributed by atoms with van der Waals surface area (Å²) in [6.45, 7) is 6.97. The number of aromatic nitrogens is 3. The zero-order chi connectivity index (χ0) is 13.1.